The molecule has 4 rings (SSSR count). The third-order valence-corrected chi connectivity index (χ3v) is 4.57. The molecule has 1 unspecified atom stereocenters. The Morgan fingerprint density at radius 2 is 2.00 bits per heavy atom. The second-order valence-corrected chi connectivity index (χ2v) is 6.09. The third-order valence-electron chi connectivity index (χ3n) is 4.57. The van der Waals surface area contributed by atoms with Crippen molar-refractivity contribution in [1.82, 2.24) is 5.43 Å². The summed E-state index contributed by atoms with van der Waals surface area (Å²) in [5.41, 5.74) is 10.9. The van der Waals surface area contributed by atoms with Crippen LogP contribution in [0.5, 0.6) is 5.75 Å². The first-order valence-electron chi connectivity index (χ1n) is 8.13. The van der Waals surface area contributed by atoms with E-state index in [1.807, 2.05) is 12.1 Å². The molecule has 1 saturated carbocycles. The van der Waals surface area contributed by atoms with E-state index in [1.165, 1.54) is 0 Å². The van der Waals surface area contributed by atoms with E-state index < -0.39 is 11.9 Å². The Balaban J connectivity index is 1.81. The Bertz CT molecular complexity index is 884. The highest BCUT2D eigenvalue weighted by atomic mass is 16.5. The van der Waals surface area contributed by atoms with E-state index in [1.54, 1.807) is 12.1 Å². The number of nitrogens with two attached hydrogens (primary N) is 1. The van der Waals surface area contributed by atoms with Crippen LogP contribution in [-0.4, -0.2) is 11.7 Å². The number of esters is 1. The predicted octanol–water partition coefficient (Wildman–Crippen LogP) is 2.14. The number of carbonyl (C=O) groups excluding carboxylic acids is 1. The molecule has 0 aromatic heterocycles. The second kappa shape index (κ2) is 5.98. The Hall–Kier alpha value is -3.27. The first-order chi connectivity index (χ1) is 12.2. The Labute approximate surface area is 144 Å². The average molecular weight is 336 g/mol. The molecule has 0 radical (unpaired) electrons. The molecule has 1 fully saturated rings. The first-order valence-corrected chi connectivity index (χ1v) is 8.13. The summed E-state index contributed by atoms with van der Waals surface area (Å²) < 4.78 is 10.9. The van der Waals surface area contributed by atoms with Gasteiger partial charge in [0.15, 0.2) is 0 Å². The molecule has 126 valence electrons. The minimum Gasteiger partial charge on any atom is -0.423 e. The molecule has 3 N–H and O–H groups in total. The average Bonchev–Trinajstić information content (AvgIpc) is 3.13. The maximum atomic E-state index is 12.5. The van der Waals surface area contributed by atoms with Crippen molar-refractivity contribution in [2.24, 2.45) is 10.8 Å². The molecular formula is C18H16N4O3. The molecule has 25 heavy (non-hydrogen) atoms. The zero-order chi connectivity index (χ0) is 17.4. The maximum Gasteiger partial charge on any atom is 0.345 e. The van der Waals surface area contributed by atoms with Gasteiger partial charge in [-0.3, -0.25) is 0 Å². The fraction of sp³-hybridized carbons (Fsp3) is 0.278. The normalized spacial score (nSPS) is 21.8. The van der Waals surface area contributed by atoms with Gasteiger partial charge >= 0.3 is 5.97 Å². The summed E-state index contributed by atoms with van der Waals surface area (Å²) in [6, 6.07) is 9.15. The lowest BCUT2D eigenvalue weighted by molar-refractivity contribution is -0.131. The SMILES string of the molecule is N#CC1=C(N)OC(NN=C2CCCC2)=C2C(=O)Oc3ccccc3C12. The summed E-state index contributed by atoms with van der Waals surface area (Å²) in [5.74, 6) is -0.680. The van der Waals surface area contributed by atoms with Crippen LogP contribution in [0.4, 0.5) is 0 Å². The van der Waals surface area contributed by atoms with Crippen LogP contribution in [0, 0.1) is 11.3 Å². The Morgan fingerprint density at radius 3 is 2.76 bits per heavy atom. The van der Waals surface area contributed by atoms with E-state index in [0.717, 1.165) is 31.4 Å². The van der Waals surface area contributed by atoms with Gasteiger partial charge in [0.25, 0.3) is 0 Å². The van der Waals surface area contributed by atoms with Crippen molar-refractivity contribution in [2.45, 2.75) is 31.6 Å². The molecule has 0 saturated heterocycles. The van der Waals surface area contributed by atoms with Crippen LogP contribution >= 0.6 is 0 Å². The van der Waals surface area contributed by atoms with Crippen molar-refractivity contribution in [1.29, 1.82) is 5.26 Å². The number of nitrogens with zero attached hydrogens (tertiary/aromatic N) is 2. The van der Waals surface area contributed by atoms with Crippen LogP contribution in [-0.2, 0) is 9.53 Å². The quantitative estimate of drug-likeness (QED) is 0.486. The summed E-state index contributed by atoms with van der Waals surface area (Å²) in [6.45, 7) is 0. The van der Waals surface area contributed by atoms with Gasteiger partial charge in [0.2, 0.25) is 11.8 Å². The van der Waals surface area contributed by atoms with Crippen molar-refractivity contribution in [3.63, 3.8) is 0 Å². The largest absolute Gasteiger partial charge is 0.423 e. The molecule has 2 aliphatic heterocycles. The van der Waals surface area contributed by atoms with Crippen molar-refractivity contribution < 1.29 is 14.3 Å². The van der Waals surface area contributed by atoms with E-state index in [4.69, 9.17) is 15.2 Å². The highest BCUT2D eigenvalue weighted by Gasteiger charge is 2.42. The number of hydrazone groups is 1. The van der Waals surface area contributed by atoms with Crippen molar-refractivity contribution in [3.8, 4) is 11.8 Å². The molecule has 0 bridgehead atoms. The number of allylic oxidation sites excluding steroid dienone is 1. The minimum absolute atomic E-state index is 0.0325. The molecule has 1 atom stereocenters. The summed E-state index contributed by atoms with van der Waals surface area (Å²) in [7, 11) is 0. The highest BCUT2D eigenvalue weighted by molar-refractivity contribution is 5.96. The standard InChI is InChI=1S/C18H16N4O3/c19-9-12-14-11-7-3-4-8-13(11)24-18(23)15(14)17(25-16(12)20)22-21-10-5-1-2-6-10/h3-4,7-8,14,22H,1-2,5-6,20H2. The Kier molecular flexibility index (Phi) is 3.65. The lowest BCUT2D eigenvalue weighted by Gasteiger charge is -2.31. The van der Waals surface area contributed by atoms with Gasteiger partial charge in [0, 0.05) is 11.3 Å². The number of nitriles is 1. The fourth-order valence-electron chi connectivity index (χ4n) is 3.35. The van der Waals surface area contributed by atoms with E-state index in [0.29, 0.717) is 11.3 Å². The van der Waals surface area contributed by atoms with Gasteiger partial charge in [-0.05, 0) is 31.7 Å². The van der Waals surface area contributed by atoms with Crippen LogP contribution in [0.15, 0.2) is 52.3 Å². The van der Waals surface area contributed by atoms with Gasteiger partial charge in [-0.2, -0.15) is 10.4 Å². The minimum atomic E-state index is -0.623. The fourth-order valence-corrected chi connectivity index (χ4v) is 3.35. The predicted molar refractivity (Wildman–Crippen MR) is 88.8 cm³/mol. The molecular weight excluding hydrogens is 320 g/mol. The van der Waals surface area contributed by atoms with Gasteiger partial charge < -0.3 is 15.2 Å². The topological polar surface area (TPSA) is 110 Å². The molecule has 1 aliphatic carbocycles. The molecule has 0 amide bonds. The van der Waals surface area contributed by atoms with Crippen molar-refractivity contribution in [2.75, 3.05) is 0 Å². The highest BCUT2D eigenvalue weighted by Crippen LogP contribution is 2.45. The molecule has 0 spiro atoms. The second-order valence-electron chi connectivity index (χ2n) is 6.09. The summed E-state index contributed by atoms with van der Waals surface area (Å²) in [5, 5.41) is 13.8. The van der Waals surface area contributed by atoms with E-state index in [-0.39, 0.29) is 22.9 Å². The molecule has 7 nitrogen and oxygen atoms in total. The van der Waals surface area contributed by atoms with Crippen LogP contribution in [0.1, 0.15) is 37.2 Å². The molecule has 2 heterocycles. The zero-order valence-electron chi connectivity index (χ0n) is 13.4. The third kappa shape index (κ3) is 2.52. The Morgan fingerprint density at radius 1 is 1.24 bits per heavy atom. The zero-order valence-corrected chi connectivity index (χ0v) is 13.4. The van der Waals surface area contributed by atoms with Crippen LogP contribution < -0.4 is 15.9 Å². The first kappa shape index (κ1) is 15.3. The van der Waals surface area contributed by atoms with E-state index in [2.05, 4.69) is 16.6 Å². The molecule has 7 heteroatoms. The number of benzene rings is 1. The number of nitrogens with one attached hydrogen (secondary N) is 1. The van der Waals surface area contributed by atoms with Crippen molar-refractivity contribution in [3.05, 3.63) is 52.7 Å². The lowest BCUT2D eigenvalue weighted by Crippen LogP contribution is -2.34. The monoisotopic (exact) mass is 336 g/mol. The summed E-state index contributed by atoms with van der Waals surface area (Å²) >= 11 is 0. The van der Waals surface area contributed by atoms with Gasteiger partial charge in [0.05, 0.1) is 5.92 Å². The summed E-state index contributed by atoms with van der Waals surface area (Å²) in [4.78, 5) is 12.5. The van der Waals surface area contributed by atoms with E-state index >= 15 is 0 Å². The number of ether oxygens (including phenoxy) is 2. The lowest BCUT2D eigenvalue weighted by atomic mass is 9.82. The summed E-state index contributed by atoms with van der Waals surface area (Å²) in [6.07, 6.45) is 4.04. The number of fused-ring (bicyclic) bond motifs is 3. The van der Waals surface area contributed by atoms with Gasteiger partial charge in [-0.1, -0.05) is 18.2 Å². The number of para-hydroxylation sites is 1. The van der Waals surface area contributed by atoms with Crippen LogP contribution in [0.3, 0.4) is 0 Å². The maximum absolute atomic E-state index is 12.5. The van der Waals surface area contributed by atoms with Crippen LogP contribution in [0.2, 0.25) is 0 Å². The van der Waals surface area contributed by atoms with Crippen molar-refractivity contribution >= 4 is 11.7 Å². The van der Waals surface area contributed by atoms with E-state index in [9.17, 15) is 10.1 Å². The van der Waals surface area contributed by atoms with Crippen LogP contribution in [0.25, 0.3) is 0 Å². The molecule has 1 aromatic rings. The van der Waals surface area contributed by atoms with Gasteiger partial charge in [-0.15, -0.1) is 0 Å². The number of rotatable bonds is 2. The van der Waals surface area contributed by atoms with Gasteiger partial charge in [0.1, 0.15) is 23.0 Å². The number of hydrogen-bond donors (Lipinski definition) is 2. The number of carbonyl (C=O) groups is 1. The molecule has 3 aliphatic rings. The van der Waals surface area contributed by atoms with Gasteiger partial charge in [-0.25, -0.2) is 10.2 Å². The smallest absolute Gasteiger partial charge is 0.345 e. The molecule has 1 aromatic carbocycles. The number of hydrogen-bond acceptors (Lipinski definition) is 7.